The maximum Gasteiger partial charge on any atom is 0.243 e. The first kappa shape index (κ1) is 17.7. The van der Waals surface area contributed by atoms with Gasteiger partial charge in [-0.15, -0.1) is 5.10 Å². The van der Waals surface area contributed by atoms with Gasteiger partial charge in [0.1, 0.15) is 10.1 Å². The van der Waals surface area contributed by atoms with Gasteiger partial charge in [0.2, 0.25) is 5.28 Å². The zero-order valence-electron chi connectivity index (χ0n) is 13.9. The van der Waals surface area contributed by atoms with Crippen LogP contribution >= 0.6 is 27.5 Å². The van der Waals surface area contributed by atoms with Crippen LogP contribution in [0, 0.1) is 5.82 Å². The summed E-state index contributed by atoms with van der Waals surface area (Å²) in [6, 6.07) is 9.83. The average Bonchev–Trinajstić information content (AvgIpc) is 2.92. The van der Waals surface area contributed by atoms with Gasteiger partial charge in [0.15, 0.2) is 11.6 Å². The van der Waals surface area contributed by atoms with Gasteiger partial charge in [-0.25, -0.2) is 8.91 Å². The minimum absolute atomic E-state index is 0.0134. The van der Waals surface area contributed by atoms with E-state index in [1.165, 1.54) is 4.52 Å². The van der Waals surface area contributed by atoms with Crippen molar-refractivity contribution in [3.05, 3.63) is 57.2 Å². The number of rotatable bonds is 4. The van der Waals surface area contributed by atoms with E-state index in [4.69, 9.17) is 16.3 Å². The third-order valence-electron chi connectivity index (χ3n) is 4.55. The van der Waals surface area contributed by atoms with E-state index in [2.05, 4.69) is 31.3 Å². The normalized spacial score (nSPS) is 17.6. The van der Waals surface area contributed by atoms with Crippen LogP contribution < -0.4 is 5.32 Å². The smallest absolute Gasteiger partial charge is 0.243 e. The van der Waals surface area contributed by atoms with E-state index in [1.54, 1.807) is 0 Å². The number of aromatic nitrogens is 3. The Morgan fingerprint density at radius 1 is 1.35 bits per heavy atom. The van der Waals surface area contributed by atoms with Gasteiger partial charge in [-0.2, -0.15) is 4.98 Å². The average molecular weight is 440 g/mol. The second kappa shape index (κ2) is 7.50. The summed E-state index contributed by atoms with van der Waals surface area (Å²) in [6.45, 7) is 1.73. The maximum absolute atomic E-state index is 15.3. The number of anilines is 1. The van der Waals surface area contributed by atoms with Gasteiger partial charge < -0.3 is 10.1 Å². The molecule has 0 amide bonds. The molecule has 1 saturated heterocycles. The molecule has 0 bridgehead atoms. The molecule has 5 nitrogen and oxygen atoms in total. The SMILES string of the molecule is Fc1c(C2CCCOC2)c(Br)n2nc(Cl)nc(NCc3ccccc3)c12. The molecule has 3 aromatic rings. The molecule has 136 valence electrons. The lowest BCUT2D eigenvalue weighted by Gasteiger charge is -2.21. The van der Waals surface area contributed by atoms with Gasteiger partial charge in [0.25, 0.3) is 0 Å². The summed E-state index contributed by atoms with van der Waals surface area (Å²) in [7, 11) is 0. The molecule has 1 atom stereocenters. The summed E-state index contributed by atoms with van der Waals surface area (Å²) >= 11 is 9.57. The number of halogens is 3. The maximum atomic E-state index is 15.3. The van der Waals surface area contributed by atoms with Crippen molar-refractivity contribution in [3.63, 3.8) is 0 Å². The van der Waals surface area contributed by atoms with Crippen LogP contribution in [0.1, 0.15) is 29.9 Å². The Labute approximate surface area is 163 Å². The Balaban J connectivity index is 1.75. The highest BCUT2D eigenvalue weighted by molar-refractivity contribution is 9.10. The van der Waals surface area contributed by atoms with Gasteiger partial charge in [0.05, 0.1) is 6.61 Å². The minimum atomic E-state index is -0.334. The van der Waals surface area contributed by atoms with Crippen LogP contribution in [0.25, 0.3) is 5.52 Å². The van der Waals surface area contributed by atoms with Crippen LogP contribution in [-0.2, 0) is 11.3 Å². The lowest BCUT2D eigenvalue weighted by molar-refractivity contribution is 0.0793. The van der Waals surface area contributed by atoms with Crippen molar-refractivity contribution in [1.82, 2.24) is 14.6 Å². The van der Waals surface area contributed by atoms with Crippen LogP contribution in [-0.4, -0.2) is 27.8 Å². The molecule has 26 heavy (non-hydrogen) atoms. The van der Waals surface area contributed by atoms with Crippen LogP contribution in [0.5, 0.6) is 0 Å². The largest absolute Gasteiger partial charge is 0.381 e. The quantitative estimate of drug-likeness (QED) is 0.635. The molecule has 8 heteroatoms. The first-order valence-electron chi connectivity index (χ1n) is 8.44. The Hall–Kier alpha value is -1.70. The van der Waals surface area contributed by atoms with Crippen molar-refractivity contribution in [2.45, 2.75) is 25.3 Å². The molecule has 1 fully saturated rings. The lowest BCUT2D eigenvalue weighted by Crippen LogP contribution is -2.16. The highest BCUT2D eigenvalue weighted by atomic mass is 79.9. The molecule has 1 aliphatic rings. The molecule has 0 radical (unpaired) electrons. The Morgan fingerprint density at radius 3 is 2.88 bits per heavy atom. The summed E-state index contributed by atoms with van der Waals surface area (Å²) in [5.41, 5.74) is 1.93. The topological polar surface area (TPSA) is 51.5 Å². The minimum Gasteiger partial charge on any atom is -0.381 e. The molecule has 0 aliphatic carbocycles. The van der Waals surface area contributed by atoms with Crippen LogP contribution in [0.15, 0.2) is 34.9 Å². The molecular weight excluding hydrogens is 423 g/mol. The van der Waals surface area contributed by atoms with E-state index >= 15 is 4.39 Å². The van der Waals surface area contributed by atoms with E-state index in [0.29, 0.717) is 29.1 Å². The van der Waals surface area contributed by atoms with E-state index < -0.39 is 0 Å². The van der Waals surface area contributed by atoms with Crippen molar-refractivity contribution >= 4 is 38.9 Å². The van der Waals surface area contributed by atoms with Gasteiger partial charge in [0, 0.05) is 24.6 Å². The van der Waals surface area contributed by atoms with Crippen molar-refractivity contribution in [2.75, 3.05) is 18.5 Å². The zero-order chi connectivity index (χ0) is 18.1. The molecule has 1 aromatic carbocycles. The van der Waals surface area contributed by atoms with E-state index in [-0.39, 0.29) is 22.5 Å². The first-order valence-corrected chi connectivity index (χ1v) is 9.61. The predicted molar refractivity (Wildman–Crippen MR) is 102 cm³/mol. The molecular formula is C18H17BrClFN4O. The number of fused-ring (bicyclic) bond motifs is 1. The van der Waals surface area contributed by atoms with Gasteiger partial charge >= 0.3 is 0 Å². The van der Waals surface area contributed by atoms with Gasteiger partial charge in [-0.1, -0.05) is 30.3 Å². The lowest BCUT2D eigenvalue weighted by atomic mass is 9.95. The number of nitrogens with zero attached hydrogens (tertiary/aromatic N) is 3. The molecule has 1 N–H and O–H groups in total. The molecule has 4 rings (SSSR count). The molecule has 2 aromatic heterocycles. The highest BCUT2D eigenvalue weighted by Gasteiger charge is 2.29. The fourth-order valence-corrected chi connectivity index (χ4v) is 4.21. The highest BCUT2D eigenvalue weighted by Crippen LogP contribution is 2.38. The number of hydrogen-bond acceptors (Lipinski definition) is 4. The second-order valence-corrected chi connectivity index (χ2v) is 7.35. The van der Waals surface area contributed by atoms with Crippen molar-refractivity contribution in [3.8, 4) is 0 Å². The second-order valence-electron chi connectivity index (χ2n) is 6.26. The summed E-state index contributed by atoms with van der Waals surface area (Å²) in [4.78, 5) is 4.21. The summed E-state index contributed by atoms with van der Waals surface area (Å²) in [5, 5.41) is 7.40. The van der Waals surface area contributed by atoms with Crippen LogP contribution in [0.3, 0.4) is 0 Å². The molecule has 0 saturated carbocycles. The summed E-state index contributed by atoms with van der Waals surface area (Å²) in [6.07, 6.45) is 1.79. The number of ether oxygens (including phenoxy) is 1. The molecule has 1 aliphatic heterocycles. The Morgan fingerprint density at radius 2 is 2.15 bits per heavy atom. The van der Waals surface area contributed by atoms with Crippen molar-refractivity contribution in [2.24, 2.45) is 0 Å². The summed E-state index contributed by atoms with van der Waals surface area (Å²) in [5.74, 6) is 0.0233. The number of benzene rings is 1. The molecule has 1 unspecified atom stereocenters. The van der Waals surface area contributed by atoms with Crippen LogP contribution in [0.2, 0.25) is 5.28 Å². The molecule has 3 heterocycles. The fourth-order valence-electron chi connectivity index (χ4n) is 3.29. The van der Waals surface area contributed by atoms with Crippen LogP contribution in [0.4, 0.5) is 10.2 Å². The van der Waals surface area contributed by atoms with E-state index in [1.807, 2.05) is 30.3 Å². The van der Waals surface area contributed by atoms with Gasteiger partial charge in [-0.3, -0.25) is 0 Å². The van der Waals surface area contributed by atoms with Gasteiger partial charge in [-0.05, 0) is 45.9 Å². The fraction of sp³-hybridized carbons (Fsp3) is 0.333. The van der Waals surface area contributed by atoms with E-state index in [0.717, 1.165) is 25.0 Å². The van der Waals surface area contributed by atoms with Crippen molar-refractivity contribution < 1.29 is 9.13 Å². The Bertz CT molecular complexity index is 928. The standard InChI is InChI=1S/C18H17BrClFN4O/c19-16-13(12-7-4-8-26-10-12)14(21)15-17(23-18(20)24-25(15)16)22-9-11-5-2-1-3-6-11/h1-3,5-6,12H,4,7-10H2,(H,22,23,24). The summed E-state index contributed by atoms with van der Waals surface area (Å²) < 4.78 is 22.9. The zero-order valence-corrected chi connectivity index (χ0v) is 16.2. The number of nitrogens with one attached hydrogen (secondary N) is 1. The number of hydrogen-bond donors (Lipinski definition) is 1. The monoisotopic (exact) mass is 438 g/mol. The Kier molecular flexibility index (Phi) is 5.11. The van der Waals surface area contributed by atoms with Crippen molar-refractivity contribution in [1.29, 1.82) is 0 Å². The third kappa shape index (κ3) is 3.31. The third-order valence-corrected chi connectivity index (χ3v) is 5.47. The van der Waals surface area contributed by atoms with E-state index in [9.17, 15) is 0 Å². The predicted octanol–water partition coefficient (Wildman–Crippen LogP) is 4.79. The molecule has 0 spiro atoms. The first-order chi connectivity index (χ1) is 12.6.